The summed E-state index contributed by atoms with van der Waals surface area (Å²) < 4.78 is 0. The molecule has 2 aromatic heterocycles. The summed E-state index contributed by atoms with van der Waals surface area (Å²) in [7, 11) is 0. The Morgan fingerprint density at radius 2 is 2.24 bits per heavy atom. The van der Waals surface area contributed by atoms with Gasteiger partial charge in [-0.3, -0.25) is 0 Å². The van der Waals surface area contributed by atoms with Gasteiger partial charge in [0.05, 0.1) is 16.9 Å². The summed E-state index contributed by atoms with van der Waals surface area (Å²) in [6, 6.07) is 3.81. The Morgan fingerprint density at radius 1 is 1.41 bits per heavy atom. The third kappa shape index (κ3) is 2.77. The molecule has 0 saturated carbocycles. The van der Waals surface area contributed by atoms with E-state index >= 15 is 0 Å². The molecule has 0 fully saturated rings. The largest absolute Gasteiger partial charge is 0.396 e. The molecule has 2 N–H and O–H groups in total. The summed E-state index contributed by atoms with van der Waals surface area (Å²) in [6.07, 6.45) is 3.81. The summed E-state index contributed by atoms with van der Waals surface area (Å²) in [6.45, 7) is 0.0433. The summed E-state index contributed by atoms with van der Waals surface area (Å²) in [4.78, 5) is 11.0. The summed E-state index contributed by atoms with van der Waals surface area (Å²) in [5.74, 6) is -0.108. The van der Waals surface area contributed by atoms with E-state index in [1.807, 2.05) is 18.3 Å². The lowest BCUT2D eigenvalue weighted by Crippen LogP contribution is -2.08. The SMILES string of the molecule is OCCC(c1ccc[nH]1)c1nc(Cl)ncc1Cl. The molecule has 0 aromatic carbocycles. The van der Waals surface area contributed by atoms with E-state index in [2.05, 4.69) is 15.0 Å². The van der Waals surface area contributed by atoms with Gasteiger partial charge < -0.3 is 10.1 Å². The van der Waals surface area contributed by atoms with Crippen LogP contribution >= 0.6 is 23.2 Å². The van der Waals surface area contributed by atoms with Crippen LogP contribution in [0.5, 0.6) is 0 Å². The molecule has 0 aliphatic heterocycles. The van der Waals surface area contributed by atoms with Crippen molar-refractivity contribution in [3.8, 4) is 0 Å². The highest BCUT2D eigenvalue weighted by molar-refractivity contribution is 6.32. The maximum Gasteiger partial charge on any atom is 0.222 e. The van der Waals surface area contributed by atoms with Crippen LogP contribution in [0.4, 0.5) is 0 Å². The number of aromatic nitrogens is 3. The fourth-order valence-corrected chi connectivity index (χ4v) is 2.09. The zero-order valence-electron chi connectivity index (χ0n) is 8.90. The van der Waals surface area contributed by atoms with Crippen LogP contribution in [0.25, 0.3) is 0 Å². The standard InChI is InChI=1S/C11H11Cl2N3O/c12-8-6-15-11(13)16-10(8)7(3-5-17)9-2-1-4-14-9/h1-2,4,6-7,14,17H,3,5H2. The van der Waals surface area contributed by atoms with Crippen LogP contribution < -0.4 is 0 Å². The molecule has 1 unspecified atom stereocenters. The van der Waals surface area contributed by atoms with Gasteiger partial charge in [-0.05, 0) is 30.2 Å². The van der Waals surface area contributed by atoms with Crippen molar-refractivity contribution >= 4 is 23.2 Å². The molecule has 4 nitrogen and oxygen atoms in total. The average molecular weight is 272 g/mol. The molecular weight excluding hydrogens is 261 g/mol. The molecule has 0 bridgehead atoms. The first-order valence-electron chi connectivity index (χ1n) is 5.14. The van der Waals surface area contributed by atoms with Crippen LogP contribution in [0.3, 0.4) is 0 Å². The van der Waals surface area contributed by atoms with Gasteiger partial charge in [0.1, 0.15) is 0 Å². The Bertz CT molecular complexity index is 487. The highest BCUT2D eigenvalue weighted by atomic mass is 35.5. The molecule has 0 aliphatic rings. The van der Waals surface area contributed by atoms with Crippen molar-refractivity contribution in [2.45, 2.75) is 12.3 Å². The lowest BCUT2D eigenvalue weighted by atomic mass is 9.98. The van der Waals surface area contributed by atoms with E-state index in [1.54, 1.807) is 0 Å². The second-order valence-electron chi connectivity index (χ2n) is 3.56. The first-order valence-corrected chi connectivity index (χ1v) is 5.90. The third-order valence-electron chi connectivity index (χ3n) is 2.49. The van der Waals surface area contributed by atoms with Gasteiger partial charge in [0, 0.05) is 24.4 Å². The fraction of sp³-hybridized carbons (Fsp3) is 0.273. The molecule has 2 aromatic rings. The predicted octanol–water partition coefficient (Wildman–Crippen LogP) is 2.63. The Balaban J connectivity index is 2.42. The highest BCUT2D eigenvalue weighted by Crippen LogP contribution is 2.30. The first-order chi connectivity index (χ1) is 8.22. The van der Waals surface area contributed by atoms with Crippen LogP contribution in [0.15, 0.2) is 24.5 Å². The molecule has 0 saturated heterocycles. The third-order valence-corrected chi connectivity index (χ3v) is 2.96. The molecule has 0 radical (unpaired) electrons. The number of aromatic amines is 1. The maximum absolute atomic E-state index is 9.12. The van der Waals surface area contributed by atoms with Crippen molar-refractivity contribution in [3.05, 3.63) is 46.2 Å². The minimum Gasteiger partial charge on any atom is -0.396 e. The van der Waals surface area contributed by atoms with E-state index < -0.39 is 0 Å². The zero-order chi connectivity index (χ0) is 12.3. The van der Waals surface area contributed by atoms with Crippen molar-refractivity contribution in [2.75, 3.05) is 6.61 Å². The van der Waals surface area contributed by atoms with E-state index in [-0.39, 0.29) is 17.8 Å². The predicted molar refractivity (Wildman–Crippen MR) is 66.4 cm³/mol. The topological polar surface area (TPSA) is 61.8 Å². The Kier molecular flexibility index (Phi) is 3.99. The van der Waals surface area contributed by atoms with Gasteiger partial charge in [-0.1, -0.05) is 11.6 Å². The highest BCUT2D eigenvalue weighted by Gasteiger charge is 2.19. The number of nitrogens with one attached hydrogen (secondary N) is 1. The molecule has 0 spiro atoms. The minimum absolute atomic E-state index is 0.0433. The van der Waals surface area contributed by atoms with Crippen molar-refractivity contribution in [3.63, 3.8) is 0 Å². The van der Waals surface area contributed by atoms with Crippen molar-refractivity contribution < 1.29 is 5.11 Å². The summed E-state index contributed by atoms with van der Waals surface area (Å²) in [5, 5.41) is 9.72. The van der Waals surface area contributed by atoms with Crippen molar-refractivity contribution in [1.82, 2.24) is 15.0 Å². The Morgan fingerprint density at radius 3 is 2.88 bits per heavy atom. The number of aliphatic hydroxyl groups excluding tert-OH is 1. The van der Waals surface area contributed by atoms with Gasteiger partial charge in [-0.15, -0.1) is 0 Å². The van der Waals surface area contributed by atoms with Gasteiger partial charge in [0.25, 0.3) is 0 Å². The van der Waals surface area contributed by atoms with Crippen LogP contribution in [-0.4, -0.2) is 26.7 Å². The van der Waals surface area contributed by atoms with Crippen molar-refractivity contribution in [1.29, 1.82) is 0 Å². The van der Waals surface area contributed by atoms with E-state index in [0.29, 0.717) is 17.1 Å². The van der Waals surface area contributed by atoms with Gasteiger partial charge in [-0.2, -0.15) is 0 Å². The van der Waals surface area contributed by atoms with Crippen molar-refractivity contribution in [2.24, 2.45) is 0 Å². The summed E-state index contributed by atoms with van der Waals surface area (Å²) in [5.41, 5.74) is 1.57. The molecular formula is C11H11Cl2N3O. The quantitative estimate of drug-likeness (QED) is 0.841. The number of halogens is 2. The lowest BCUT2D eigenvalue weighted by molar-refractivity contribution is 0.280. The van der Waals surface area contributed by atoms with Gasteiger partial charge in [-0.25, -0.2) is 9.97 Å². The van der Waals surface area contributed by atoms with Crippen LogP contribution in [0, 0.1) is 0 Å². The maximum atomic E-state index is 9.12. The fourth-order valence-electron chi connectivity index (χ4n) is 1.73. The smallest absolute Gasteiger partial charge is 0.222 e. The lowest BCUT2D eigenvalue weighted by Gasteiger charge is -2.15. The molecule has 90 valence electrons. The molecule has 0 aliphatic carbocycles. The zero-order valence-corrected chi connectivity index (χ0v) is 10.4. The Labute approximate surface area is 109 Å². The number of H-pyrrole nitrogens is 1. The first kappa shape index (κ1) is 12.4. The van der Waals surface area contributed by atoms with Crippen LogP contribution in [-0.2, 0) is 0 Å². The number of rotatable bonds is 4. The van der Waals surface area contributed by atoms with E-state index in [1.165, 1.54) is 6.20 Å². The molecule has 0 amide bonds. The molecule has 17 heavy (non-hydrogen) atoms. The van der Waals surface area contributed by atoms with E-state index in [9.17, 15) is 0 Å². The number of nitrogens with zero attached hydrogens (tertiary/aromatic N) is 2. The van der Waals surface area contributed by atoms with E-state index in [4.69, 9.17) is 28.3 Å². The minimum atomic E-state index is -0.108. The number of hydrogen-bond acceptors (Lipinski definition) is 3. The summed E-state index contributed by atoms with van der Waals surface area (Å²) >= 11 is 11.8. The molecule has 2 heterocycles. The van der Waals surface area contributed by atoms with Gasteiger partial charge in [0.2, 0.25) is 5.28 Å². The second kappa shape index (κ2) is 5.49. The van der Waals surface area contributed by atoms with Gasteiger partial charge in [0.15, 0.2) is 0 Å². The van der Waals surface area contributed by atoms with Gasteiger partial charge >= 0.3 is 0 Å². The van der Waals surface area contributed by atoms with E-state index in [0.717, 1.165) is 5.69 Å². The molecule has 2 rings (SSSR count). The van der Waals surface area contributed by atoms with Crippen LogP contribution in [0.1, 0.15) is 23.7 Å². The molecule has 1 atom stereocenters. The van der Waals surface area contributed by atoms with Crippen LogP contribution in [0.2, 0.25) is 10.3 Å². The second-order valence-corrected chi connectivity index (χ2v) is 4.31. The normalized spacial score (nSPS) is 12.6. The monoisotopic (exact) mass is 271 g/mol. The number of hydrogen-bond donors (Lipinski definition) is 2. The Hall–Kier alpha value is -1.10. The molecule has 6 heteroatoms. The average Bonchev–Trinajstić information content (AvgIpc) is 2.83. The number of aliphatic hydroxyl groups is 1.